The molecule has 14 heteroatoms. The van der Waals surface area contributed by atoms with E-state index in [1.54, 1.807) is 0 Å². The van der Waals surface area contributed by atoms with E-state index < -0.39 is 75.7 Å². The van der Waals surface area contributed by atoms with Gasteiger partial charge in [-0.15, -0.1) is 0 Å². The molecule has 6 atom stereocenters. The van der Waals surface area contributed by atoms with Crippen molar-refractivity contribution in [3.05, 3.63) is 36.5 Å². The minimum absolute atomic E-state index is 0.0774. The molecule has 0 aromatic carbocycles. The zero-order valence-corrected chi connectivity index (χ0v) is 31.5. The molecule has 1 aliphatic carbocycles. The molecule has 0 spiro atoms. The van der Waals surface area contributed by atoms with Crippen LogP contribution in [-0.4, -0.2) is 98.3 Å². The molecular formula is C37H65O13P. The van der Waals surface area contributed by atoms with E-state index >= 15 is 0 Å². The van der Waals surface area contributed by atoms with Gasteiger partial charge in [0.15, 0.2) is 6.10 Å². The van der Waals surface area contributed by atoms with Crippen LogP contribution in [0.5, 0.6) is 0 Å². The van der Waals surface area contributed by atoms with E-state index in [-0.39, 0.29) is 12.8 Å². The topological polar surface area (TPSA) is 210 Å². The highest BCUT2D eigenvalue weighted by Crippen LogP contribution is 2.47. The maximum absolute atomic E-state index is 12.7. The van der Waals surface area contributed by atoms with Crippen LogP contribution >= 0.6 is 7.82 Å². The highest BCUT2D eigenvalue weighted by molar-refractivity contribution is 7.47. The fourth-order valence-corrected chi connectivity index (χ4v) is 6.39. The fourth-order valence-electron chi connectivity index (χ4n) is 5.42. The number of ether oxygens (including phenoxy) is 2. The number of aliphatic hydroxyl groups is 5. The molecule has 0 heterocycles. The van der Waals surface area contributed by atoms with E-state index in [0.29, 0.717) is 12.8 Å². The van der Waals surface area contributed by atoms with Gasteiger partial charge in [-0.25, -0.2) is 4.57 Å². The summed E-state index contributed by atoms with van der Waals surface area (Å²) < 4.78 is 33.2. The van der Waals surface area contributed by atoms with Gasteiger partial charge in [0.25, 0.3) is 0 Å². The zero-order chi connectivity index (χ0) is 37.9. The predicted octanol–water partition coefficient (Wildman–Crippen LogP) is 5.49. The average molecular weight is 749 g/mol. The fraction of sp³-hybridized carbons (Fsp3) is 0.784. The number of unbranched alkanes of at least 4 members (excludes halogenated alkanes) is 11. The van der Waals surface area contributed by atoms with Crippen LogP contribution in [0.1, 0.15) is 129 Å². The number of hydrogen-bond donors (Lipinski definition) is 6. The zero-order valence-electron chi connectivity index (χ0n) is 30.6. The van der Waals surface area contributed by atoms with Crippen molar-refractivity contribution in [2.24, 2.45) is 0 Å². The Hall–Kier alpha value is -1.93. The first-order chi connectivity index (χ1) is 24.4. The first-order valence-electron chi connectivity index (χ1n) is 18.8. The summed E-state index contributed by atoms with van der Waals surface area (Å²) in [5.74, 6) is -1.13. The highest BCUT2D eigenvalue weighted by Gasteiger charge is 2.51. The van der Waals surface area contributed by atoms with Gasteiger partial charge in [-0.1, -0.05) is 108 Å². The largest absolute Gasteiger partial charge is 0.472 e. The van der Waals surface area contributed by atoms with E-state index in [2.05, 4.69) is 50.3 Å². The van der Waals surface area contributed by atoms with E-state index in [0.717, 1.165) is 83.5 Å². The van der Waals surface area contributed by atoms with Gasteiger partial charge < -0.3 is 39.9 Å². The van der Waals surface area contributed by atoms with E-state index in [1.165, 1.54) is 6.42 Å². The molecular weight excluding hydrogens is 683 g/mol. The second kappa shape index (κ2) is 28.6. The summed E-state index contributed by atoms with van der Waals surface area (Å²) >= 11 is 0. The molecule has 1 saturated carbocycles. The summed E-state index contributed by atoms with van der Waals surface area (Å²) in [4.78, 5) is 35.3. The van der Waals surface area contributed by atoms with E-state index in [9.17, 15) is 44.6 Å². The number of rotatable bonds is 29. The van der Waals surface area contributed by atoms with Gasteiger partial charge in [-0.05, 0) is 44.9 Å². The van der Waals surface area contributed by atoms with E-state index in [4.69, 9.17) is 18.5 Å². The Morgan fingerprint density at radius 1 is 0.627 bits per heavy atom. The number of carbonyl (C=O) groups excluding carboxylic acids is 2. The molecule has 0 radical (unpaired) electrons. The number of phosphoric acid groups is 1. The standard InChI is InChI=1S/C37H65O13P/c1-3-5-7-9-11-12-13-14-15-16-17-18-20-22-24-26-31(39)49-29(27-47-30(38)25-23-21-19-10-8-6-4-2)28-48-51(45,46)50-37-35(43)33(41)32(40)34(42)36(37)44/h5,7,11-12,14-15,29,32-37,40-44H,3-4,6,8-10,13,16-28H2,1-2H3,(H,45,46)/b7-5-,12-11-,15-14-. The van der Waals surface area contributed by atoms with Crippen LogP contribution in [0, 0.1) is 0 Å². The number of hydrogen-bond acceptors (Lipinski definition) is 12. The van der Waals surface area contributed by atoms with Crippen molar-refractivity contribution >= 4 is 19.8 Å². The van der Waals surface area contributed by atoms with Crippen LogP contribution < -0.4 is 0 Å². The van der Waals surface area contributed by atoms with Crippen molar-refractivity contribution < 1.29 is 63.1 Å². The molecule has 0 aliphatic heterocycles. The van der Waals surface area contributed by atoms with Gasteiger partial charge >= 0.3 is 19.8 Å². The molecule has 0 aromatic heterocycles. The van der Waals surface area contributed by atoms with E-state index in [1.807, 2.05) is 0 Å². The minimum Gasteiger partial charge on any atom is -0.462 e. The molecule has 1 aliphatic rings. The smallest absolute Gasteiger partial charge is 0.462 e. The van der Waals surface area contributed by atoms with Gasteiger partial charge in [0, 0.05) is 12.8 Å². The maximum Gasteiger partial charge on any atom is 0.472 e. The normalized spacial score (nSPS) is 24.3. The second-order valence-corrected chi connectivity index (χ2v) is 14.5. The lowest BCUT2D eigenvalue weighted by Crippen LogP contribution is -2.64. The molecule has 296 valence electrons. The number of carbonyl (C=O) groups is 2. The van der Waals surface area contributed by atoms with Crippen molar-refractivity contribution in [2.45, 2.75) is 172 Å². The van der Waals surface area contributed by atoms with Gasteiger partial charge in [0.05, 0.1) is 6.61 Å². The number of aliphatic hydroxyl groups excluding tert-OH is 5. The summed E-state index contributed by atoms with van der Waals surface area (Å²) in [6, 6.07) is 0. The lowest BCUT2D eigenvalue weighted by Gasteiger charge is -2.41. The third kappa shape index (κ3) is 22.0. The Bertz CT molecular complexity index is 1050. The molecule has 0 bridgehead atoms. The molecule has 0 aromatic rings. The van der Waals surface area contributed by atoms with Crippen LogP contribution in [-0.2, 0) is 32.7 Å². The van der Waals surface area contributed by atoms with Crippen LogP contribution in [0.25, 0.3) is 0 Å². The minimum atomic E-state index is -5.11. The molecule has 51 heavy (non-hydrogen) atoms. The summed E-state index contributed by atoms with van der Waals surface area (Å²) in [7, 11) is -5.11. The molecule has 1 fully saturated rings. The van der Waals surface area contributed by atoms with Crippen LogP contribution in [0.4, 0.5) is 0 Å². The third-order valence-corrected chi connectivity index (χ3v) is 9.48. The van der Waals surface area contributed by atoms with Crippen LogP contribution in [0.2, 0.25) is 0 Å². The average Bonchev–Trinajstić information content (AvgIpc) is 3.10. The van der Waals surface area contributed by atoms with Crippen molar-refractivity contribution in [1.82, 2.24) is 0 Å². The predicted molar refractivity (Wildman–Crippen MR) is 193 cm³/mol. The second-order valence-electron chi connectivity index (χ2n) is 13.1. The van der Waals surface area contributed by atoms with Gasteiger partial charge in [0.2, 0.25) is 0 Å². The van der Waals surface area contributed by atoms with Crippen molar-refractivity contribution in [3.63, 3.8) is 0 Å². The highest BCUT2D eigenvalue weighted by atomic mass is 31.2. The maximum atomic E-state index is 12.7. The van der Waals surface area contributed by atoms with Crippen LogP contribution in [0.3, 0.4) is 0 Å². The lowest BCUT2D eigenvalue weighted by molar-refractivity contribution is -0.220. The Morgan fingerprint density at radius 2 is 1.12 bits per heavy atom. The van der Waals surface area contributed by atoms with Gasteiger partial charge in [-0.3, -0.25) is 18.6 Å². The summed E-state index contributed by atoms with van der Waals surface area (Å²) in [5, 5.41) is 49.8. The molecule has 0 saturated heterocycles. The summed E-state index contributed by atoms with van der Waals surface area (Å²) in [6.45, 7) is 3.07. The first kappa shape index (κ1) is 47.1. The Labute approximate surface area is 304 Å². The number of phosphoric ester groups is 1. The van der Waals surface area contributed by atoms with Crippen molar-refractivity contribution in [1.29, 1.82) is 0 Å². The molecule has 1 rings (SSSR count). The summed E-state index contributed by atoms with van der Waals surface area (Å²) in [5.41, 5.74) is 0. The SMILES string of the molecule is CC/C=C\C/C=C\C/C=C\CCCCCCCC(=O)OC(COC(=O)CCCCCCCCC)COP(=O)(O)OC1C(O)C(O)C(O)C(O)C1O. The number of esters is 2. The van der Waals surface area contributed by atoms with Gasteiger partial charge in [-0.2, -0.15) is 0 Å². The molecule has 13 nitrogen and oxygen atoms in total. The Balaban J connectivity index is 2.55. The monoisotopic (exact) mass is 748 g/mol. The van der Waals surface area contributed by atoms with Crippen molar-refractivity contribution in [3.8, 4) is 0 Å². The van der Waals surface area contributed by atoms with Crippen LogP contribution in [0.15, 0.2) is 36.5 Å². The molecule has 6 unspecified atom stereocenters. The summed E-state index contributed by atoms with van der Waals surface area (Å²) in [6.07, 6.45) is 15.4. The Morgan fingerprint density at radius 3 is 1.71 bits per heavy atom. The number of allylic oxidation sites excluding steroid dienone is 6. The lowest BCUT2D eigenvalue weighted by atomic mass is 9.85. The molecule has 6 N–H and O–H groups in total. The van der Waals surface area contributed by atoms with Crippen molar-refractivity contribution in [2.75, 3.05) is 13.2 Å². The first-order valence-corrected chi connectivity index (χ1v) is 20.3. The van der Waals surface area contributed by atoms with Gasteiger partial charge in [0.1, 0.15) is 43.2 Å². The third-order valence-electron chi connectivity index (χ3n) is 8.50. The Kier molecular flexibility index (Phi) is 26.4. The molecule has 0 amide bonds. The quantitative estimate of drug-likeness (QED) is 0.0242.